The number of aryl methyl sites for hydroxylation is 1. The van der Waals surface area contributed by atoms with E-state index in [1.807, 2.05) is 68.4 Å². The Labute approximate surface area is 189 Å². The number of ether oxygens (including phenoxy) is 1. The van der Waals surface area contributed by atoms with E-state index < -0.39 is 22.0 Å². The van der Waals surface area contributed by atoms with Crippen LogP contribution < -0.4 is 14.8 Å². The maximum absolute atomic E-state index is 13.2. The Morgan fingerprint density at radius 3 is 2.22 bits per heavy atom. The number of amides is 1. The Morgan fingerprint density at radius 1 is 0.906 bits per heavy atom. The molecule has 168 valence electrons. The van der Waals surface area contributed by atoms with Crippen molar-refractivity contribution >= 4 is 21.6 Å². The second-order valence-electron chi connectivity index (χ2n) is 7.27. The van der Waals surface area contributed by atoms with Crippen molar-refractivity contribution in [2.24, 2.45) is 0 Å². The van der Waals surface area contributed by atoms with Crippen LogP contribution in [0.25, 0.3) is 0 Å². The summed E-state index contributed by atoms with van der Waals surface area (Å²) in [6, 6.07) is 22.0. The molecule has 1 amide bonds. The summed E-state index contributed by atoms with van der Waals surface area (Å²) in [6.07, 6.45) is 0.967. The summed E-state index contributed by atoms with van der Waals surface area (Å²) < 4.78 is 34.1. The lowest BCUT2D eigenvalue weighted by molar-refractivity contribution is -0.117. The number of sulfonamides is 1. The molecule has 0 saturated carbocycles. The third-order valence-electron chi connectivity index (χ3n) is 5.00. The zero-order valence-electron chi connectivity index (χ0n) is 18.2. The average Bonchev–Trinajstić information content (AvgIpc) is 2.80. The van der Waals surface area contributed by atoms with E-state index in [0.717, 1.165) is 17.5 Å². The molecule has 0 aliphatic heterocycles. The molecular formula is C25H28N2O4S. The second-order valence-corrected chi connectivity index (χ2v) is 8.98. The molecule has 3 rings (SSSR count). The molecule has 2 N–H and O–H groups in total. The number of hydrogen-bond donors (Lipinski definition) is 2. The molecule has 0 aliphatic carbocycles. The van der Waals surface area contributed by atoms with Crippen LogP contribution in [0, 0.1) is 0 Å². The van der Waals surface area contributed by atoms with Gasteiger partial charge in [-0.1, -0.05) is 55.5 Å². The first-order valence-electron chi connectivity index (χ1n) is 10.6. The van der Waals surface area contributed by atoms with Crippen LogP contribution in [0.5, 0.6) is 5.75 Å². The summed E-state index contributed by atoms with van der Waals surface area (Å²) in [5, 5.41) is 2.90. The van der Waals surface area contributed by atoms with E-state index in [0.29, 0.717) is 18.0 Å². The van der Waals surface area contributed by atoms with Gasteiger partial charge in [-0.05, 0) is 61.2 Å². The number of hydrogen-bond acceptors (Lipinski definition) is 4. The van der Waals surface area contributed by atoms with E-state index in [9.17, 15) is 13.2 Å². The number of benzene rings is 3. The molecule has 32 heavy (non-hydrogen) atoms. The number of para-hydroxylation sites is 1. The van der Waals surface area contributed by atoms with E-state index in [4.69, 9.17) is 4.74 Å². The van der Waals surface area contributed by atoms with Crippen molar-refractivity contribution in [1.29, 1.82) is 0 Å². The standard InChI is InChI=1S/C25H28N2O4S/c1-3-20-12-8-9-13-23(20)26-25(28)24(18-19-10-6-5-7-11-19)27-32(29,30)22-16-14-21(15-17-22)31-4-2/h5-17,24,27H,3-4,18H2,1-2H3,(H,26,28)/t24-/m1/s1. The molecule has 0 fully saturated rings. The first-order valence-corrected chi connectivity index (χ1v) is 12.1. The zero-order chi connectivity index (χ0) is 23.0. The number of rotatable bonds is 10. The lowest BCUT2D eigenvalue weighted by Gasteiger charge is -2.20. The Morgan fingerprint density at radius 2 is 1.56 bits per heavy atom. The van der Waals surface area contributed by atoms with Crippen LogP contribution in [0.2, 0.25) is 0 Å². The van der Waals surface area contributed by atoms with Gasteiger partial charge in [0.05, 0.1) is 11.5 Å². The van der Waals surface area contributed by atoms with Crippen LogP contribution in [0.3, 0.4) is 0 Å². The van der Waals surface area contributed by atoms with Crippen LogP contribution in [-0.2, 0) is 27.7 Å². The third-order valence-corrected chi connectivity index (χ3v) is 6.49. The largest absolute Gasteiger partial charge is 0.494 e. The number of carbonyl (C=O) groups is 1. The van der Waals surface area contributed by atoms with Gasteiger partial charge in [-0.2, -0.15) is 4.72 Å². The van der Waals surface area contributed by atoms with Crippen molar-refractivity contribution in [3.63, 3.8) is 0 Å². The summed E-state index contributed by atoms with van der Waals surface area (Å²) in [5.74, 6) is 0.172. The van der Waals surface area contributed by atoms with Gasteiger partial charge in [0.25, 0.3) is 0 Å². The minimum atomic E-state index is -3.93. The van der Waals surface area contributed by atoms with Crippen molar-refractivity contribution in [3.8, 4) is 5.75 Å². The molecule has 0 spiro atoms. The summed E-state index contributed by atoms with van der Waals surface area (Å²) in [6.45, 7) is 4.35. The summed E-state index contributed by atoms with van der Waals surface area (Å²) in [7, 11) is -3.93. The van der Waals surface area contributed by atoms with Crippen LogP contribution in [-0.4, -0.2) is 27.0 Å². The average molecular weight is 453 g/mol. The SMILES string of the molecule is CCOc1ccc(S(=O)(=O)N[C@H](Cc2ccccc2)C(=O)Nc2ccccc2CC)cc1. The minimum Gasteiger partial charge on any atom is -0.494 e. The predicted molar refractivity (Wildman–Crippen MR) is 126 cm³/mol. The molecule has 0 heterocycles. The molecule has 0 aliphatic rings. The molecule has 1 atom stereocenters. The van der Waals surface area contributed by atoms with Gasteiger partial charge in [0, 0.05) is 5.69 Å². The first kappa shape index (κ1) is 23.5. The fourth-order valence-electron chi connectivity index (χ4n) is 3.35. The highest BCUT2D eigenvalue weighted by Gasteiger charge is 2.26. The highest BCUT2D eigenvalue weighted by Crippen LogP contribution is 2.19. The van der Waals surface area contributed by atoms with E-state index in [-0.39, 0.29) is 11.3 Å². The molecule has 0 radical (unpaired) electrons. The van der Waals surface area contributed by atoms with Crippen molar-refractivity contribution in [2.75, 3.05) is 11.9 Å². The number of anilines is 1. The van der Waals surface area contributed by atoms with Gasteiger partial charge in [0.2, 0.25) is 15.9 Å². The predicted octanol–water partition coefficient (Wildman–Crippen LogP) is 4.18. The van der Waals surface area contributed by atoms with Crippen LogP contribution in [0.4, 0.5) is 5.69 Å². The first-order chi connectivity index (χ1) is 15.4. The van der Waals surface area contributed by atoms with E-state index in [1.165, 1.54) is 12.1 Å². The summed E-state index contributed by atoms with van der Waals surface area (Å²) in [5.41, 5.74) is 2.51. The minimum absolute atomic E-state index is 0.0702. The Hall–Kier alpha value is -3.16. The molecule has 0 unspecified atom stereocenters. The van der Waals surface area contributed by atoms with E-state index in [2.05, 4.69) is 10.0 Å². The van der Waals surface area contributed by atoms with Gasteiger partial charge in [-0.25, -0.2) is 8.42 Å². The Balaban J connectivity index is 1.85. The van der Waals surface area contributed by atoms with E-state index in [1.54, 1.807) is 12.1 Å². The topological polar surface area (TPSA) is 84.5 Å². The molecule has 0 aromatic heterocycles. The quantitative estimate of drug-likeness (QED) is 0.483. The lowest BCUT2D eigenvalue weighted by atomic mass is 10.1. The highest BCUT2D eigenvalue weighted by atomic mass is 32.2. The number of carbonyl (C=O) groups excluding carboxylic acids is 1. The maximum atomic E-state index is 13.2. The molecule has 7 heteroatoms. The third kappa shape index (κ3) is 6.18. The number of nitrogens with one attached hydrogen (secondary N) is 2. The smallest absolute Gasteiger partial charge is 0.242 e. The van der Waals surface area contributed by atoms with Crippen LogP contribution >= 0.6 is 0 Å². The van der Waals surface area contributed by atoms with Crippen molar-refractivity contribution in [3.05, 3.63) is 90.0 Å². The van der Waals surface area contributed by atoms with Crippen LogP contribution in [0.15, 0.2) is 83.8 Å². The monoisotopic (exact) mass is 452 g/mol. The fourth-order valence-corrected chi connectivity index (χ4v) is 4.54. The van der Waals surface area contributed by atoms with Crippen LogP contribution in [0.1, 0.15) is 25.0 Å². The Kier molecular flexibility index (Phi) is 8.03. The van der Waals surface area contributed by atoms with Gasteiger partial charge >= 0.3 is 0 Å². The van der Waals surface area contributed by atoms with Gasteiger partial charge in [-0.3, -0.25) is 4.79 Å². The molecular weight excluding hydrogens is 424 g/mol. The second kappa shape index (κ2) is 10.9. The molecule has 3 aromatic rings. The van der Waals surface area contributed by atoms with Gasteiger partial charge in [0.1, 0.15) is 11.8 Å². The highest BCUT2D eigenvalue weighted by molar-refractivity contribution is 7.89. The summed E-state index contributed by atoms with van der Waals surface area (Å²) >= 11 is 0. The van der Waals surface area contributed by atoms with Crippen molar-refractivity contribution in [2.45, 2.75) is 37.6 Å². The van der Waals surface area contributed by atoms with Gasteiger partial charge in [-0.15, -0.1) is 0 Å². The maximum Gasteiger partial charge on any atom is 0.242 e. The van der Waals surface area contributed by atoms with Crippen molar-refractivity contribution < 1.29 is 17.9 Å². The van der Waals surface area contributed by atoms with Gasteiger partial charge < -0.3 is 10.1 Å². The lowest BCUT2D eigenvalue weighted by Crippen LogP contribution is -2.45. The molecule has 6 nitrogen and oxygen atoms in total. The molecule has 0 saturated heterocycles. The van der Waals surface area contributed by atoms with E-state index >= 15 is 0 Å². The fraction of sp³-hybridized carbons (Fsp3) is 0.240. The Bertz CT molecular complexity index is 1130. The molecule has 3 aromatic carbocycles. The van der Waals surface area contributed by atoms with Crippen molar-refractivity contribution in [1.82, 2.24) is 4.72 Å². The normalized spacial score (nSPS) is 12.2. The molecule has 0 bridgehead atoms. The van der Waals surface area contributed by atoms with Gasteiger partial charge in [0.15, 0.2) is 0 Å². The summed E-state index contributed by atoms with van der Waals surface area (Å²) in [4.78, 5) is 13.2. The zero-order valence-corrected chi connectivity index (χ0v) is 19.1.